The van der Waals surface area contributed by atoms with Gasteiger partial charge >= 0.3 is 29.8 Å². The first-order valence-electron chi connectivity index (χ1n) is 32.8. The van der Waals surface area contributed by atoms with E-state index in [1.807, 2.05) is 30.3 Å². The second-order valence-electron chi connectivity index (χ2n) is 28.9. The van der Waals surface area contributed by atoms with Crippen molar-refractivity contribution in [3.8, 4) is 0 Å². The minimum atomic E-state index is -1.67. The van der Waals surface area contributed by atoms with Gasteiger partial charge in [-0.2, -0.15) is 0 Å². The van der Waals surface area contributed by atoms with Crippen molar-refractivity contribution in [2.24, 2.45) is 50.2 Å². The number of fused-ring (bicyclic) bond motifs is 7. The molecule has 5 aromatic carbocycles. The zero-order valence-corrected chi connectivity index (χ0v) is 53.7. The van der Waals surface area contributed by atoms with E-state index >= 15 is 0 Å². The lowest BCUT2D eigenvalue weighted by Crippen LogP contribution is -2.66. The molecule has 4 saturated carbocycles. The Morgan fingerprint density at radius 2 is 1.05 bits per heavy atom. The molecule has 6 fully saturated rings. The first-order chi connectivity index (χ1) is 43.5. The van der Waals surface area contributed by atoms with Crippen LogP contribution >= 0.6 is 0 Å². The molecule has 0 spiro atoms. The standard InChI is InChI=1S/C76H88O15/c1-47-60(88-65(79)50-28-18-11-19-29-50)62(89-66(80)51-30-20-12-21-31-51)63(90-67(81)52-32-22-13-23-33-52)69(85-47)91-61-59(77)55(86-64(78)49-26-16-10-17-27-49)46-83-68(61)87-58-37-38-73(6)56(72(58,4)5)36-39-75(8)57(73)35-34-53-54-44-71(2,3)40-42-76(54,43-41-74(53,75)7)70(82)84-45-48-24-14-9-15-25-48/h9-34,47,54-63,68-69,77H,35-46H2,1-8H3/t47-,54-,55-,56-,57+,58-,59-,60-,61+,62+,63+,68-,69-,73-,74+,75+,76-/m0/s1. The fraction of sp³-hybridized carbons (Fsp3) is 0.513. The lowest BCUT2D eigenvalue weighted by molar-refractivity contribution is -0.362. The number of carbonyl (C=O) groups excluding carboxylic acids is 5. The van der Waals surface area contributed by atoms with E-state index in [0.29, 0.717) is 12.3 Å². The molecule has 91 heavy (non-hydrogen) atoms. The van der Waals surface area contributed by atoms with Gasteiger partial charge in [-0.3, -0.25) is 4.79 Å². The number of allylic oxidation sites excluding steroid dienone is 2. The molecule has 2 heterocycles. The number of hydrogen-bond donors (Lipinski definition) is 1. The van der Waals surface area contributed by atoms with Crippen LogP contribution in [0, 0.1) is 50.2 Å². The number of benzene rings is 5. The second kappa shape index (κ2) is 25.5. The van der Waals surface area contributed by atoms with E-state index in [1.54, 1.807) is 128 Å². The van der Waals surface area contributed by atoms with Crippen molar-refractivity contribution in [1.29, 1.82) is 0 Å². The smallest absolute Gasteiger partial charge is 0.338 e. The molecule has 0 aromatic heterocycles. The summed E-state index contributed by atoms with van der Waals surface area (Å²) in [5, 5.41) is 12.8. The highest BCUT2D eigenvalue weighted by atomic mass is 16.8. The summed E-state index contributed by atoms with van der Waals surface area (Å²) in [6, 6.07) is 43.2. The van der Waals surface area contributed by atoms with Gasteiger partial charge in [-0.15, -0.1) is 0 Å². The Bertz CT molecular complexity index is 3450. The highest BCUT2D eigenvalue weighted by molar-refractivity contribution is 5.91. The Balaban J connectivity index is 0.847. The average Bonchev–Trinajstić information content (AvgIpc) is 0.678. The molecule has 7 aliphatic rings. The quantitative estimate of drug-likeness (QED) is 0.0451. The highest BCUT2D eigenvalue weighted by Crippen LogP contribution is 2.76. The van der Waals surface area contributed by atoms with Crippen LogP contribution in [0.1, 0.15) is 167 Å². The minimum Gasteiger partial charge on any atom is -0.460 e. The third-order valence-corrected chi connectivity index (χ3v) is 22.9. The molecule has 2 aliphatic heterocycles. The molecule has 0 unspecified atom stereocenters. The monoisotopic (exact) mass is 1240 g/mol. The van der Waals surface area contributed by atoms with Gasteiger partial charge in [0.2, 0.25) is 0 Å². The first-order valence-corrected chi connectivity index (χ1v) is 32.8. The number of esters is 5. The summed E-state index contributed by atoms with van der Waals surface area (Å²) in [7, 11) is 0. The summed E-state index contributed by atoms with van der Waals surface area (Å²) in [6.07, 6.45) is -2.19. The lowest BCUT2D eigenvalue weighted by atomic mass is 9.33. The predicted molar refractivity (Wildman–Crippen MR) is 338 cm³/mol. The molecule has 15 nitrogen and oxygen atoms in total. The molecule has 5 aromatic rings. The molecule has 0 bridgehead atoms. The molecule has 482 valence electrons. The second-order valence-corrected chi connectivity index (χ2v) is 28.9. The van der Waals surface area contributed by atoms with Crippen molar-refractivity contribution in [2.45, 2.75) is 188 Å². The third-order valence-electron chi connectivity index (χ3n) is 22.9. The molecule has 0 amide bonds. The summed E-state index contributed by atoms with van der Waals surface area (Å²) in [5.74, 6) is -2.55. The predicted octanol–water partition coefficient (Wildman–Crippen LogP) is 13.7. The van der Waals surface area contributed by atoms with E-state index in [-0.39, 0.29) is 74.9 Å². The number of aliphatic hydroxyl groups excluding tert-OH is 1. The van der Waals surface area contributed by atoms with Crippen LogP contribution in [0.2, 0.25) is 0 Å². The summed E-state index contributed by atoms with van der Waals surface area (Å²) >= 11 is 0. The van der Waals surface area contributed by atoms with Gasteiger partial charge in [0.05, 0.1) is 46.5 Å². The van der Waals surface area contributed by atoms with E-state index in [2.05, 4.69) is 54.5 Å². The van der Waals surface area contributed by atoms with Crippen molar-refractivity contribution in [2.75, 3.05) is 6.61 Å². The fourth-order valence-electron chi connectivity index (χ4n) is 17.7. The van der Waals surface area contributed by atoms with Gasteiger partial charge in [0, 0.05) is 0 Å². The van der Waals surface area contributed by atoms with E-state index < -0.39 is 96.1 Å². The molecule has 15 heteroatoms. The molecule has 17 atom stereocenters. The van der Waals surface area contributed by atoms with E-state index in [1.165, 1.54) is 5.57 Å². The zero-order chi connectivity index (χ0) is 64.1. The molecular weight excluding hydrogens is 1150 g/mol. The maximum Gasteiger partial charge on any atom is 0.338 e. The summed E-state index contributed by atoms with van der Waals surface area (Å²) in [5.41, 5.74) is 1.95. The van der Waals surface area contributed by atoms with Crippen LogP contribution in [-0.2, 0) is 54.0 Å². The van der Waals surface area contributed by atoms with Gasteiger partial charge in [-0.25, -0.2) is 19.2 Å². The highest BCUT2D eigenvalue weighted by Gasteiger charge is 2.70. The van der Waals surface area contributed by atoms with Crippen LogP contribution in [0.3, 0.4) is 0 Å². The van der Waals surface area contributed by atoms with Crippen LogP contribution in [0.15, 0.2) is 163 Å². The lowest BCUT2D eigenvalue weighted by Gasteiger charge is -2.71. The number of rotatable bonds is 15. The first kappa shape index (κ1) is 64.1. The van der Waals surface area contributed by atoms with Crippen LogP contribution in [-0.4, -0.2) is 103 Å². The van der Waals surface area contributed by atoms with Gasteiger partial charge in [-0.1, -0.05) is 163 Å². The van der Waals surface area contributed by atoms with Crippen molar-refractivity contribution < 1.29 is 71.7 Å². The Morgan fingerprint density at radius 1 is 0.538 bits per heavy atom. The Labute approximate surface area is 534 Å². The van der Waals surface area contributed by atoms with Crippen molar-refractivity contribution in [3.05, 3.63) is 191 Å². The van der Waals surface area contributed by atoms with Gasteiger partial charge in [-0.05, 0) is 170 Å². The van der Waals surface area contributed by atoms with Gasteiger partial charge in [0.15, 0.2) is 37.0 Å². The summed E-state index contributed by atoms with van der Waals surface area (Å²) < 4.78 is 58.8. The Kier molecular flexibility index (Phi) is 17.9. The Morgan fingerprint density at radius 3 is 1.63 bits per heavy atom. The molecular formula is C76H88O15. The minimum absolute atomic E-state index is 0.0511. The van der Waals surface area contributed by atoms with Gasteiger partial charge in [0.25, 0.3) is 0 Å². The third kappa shape index (κ3) is 12.1. The number of aliphatic hydroxyl groups is 1. The largest absolute Gasteiger partial charge is 0.460 e. The van der Waals surface area contributed by atoms with Crippen molar-refractivity contribution in [3.63, 3.8) is 0 Å². The van der Waals surface area contributed by atoms with Gasteiger partial charge < -0.3 is 47.7 Å². The maximum atomic E-state index is 14.7. The fourth-order valence-corrected chi connectivity index (χ4v) is 17.7. The van der Waals surface area contributed by atoms with Crippen LogP contribution < -0.4 is 0 Å². The van der Waals surface area contributed by atoms with E-state index in [0.717, 1.165) is 63.4 Å². The number of ether oxygens (including phenoxy) is 9. The molecule has 12 rings (SSSR count). The van der Waals surface area contributed by atoms with Gasteiger partial charge in [0.1, 0.15) is 18.8 Å². The SMILES string of the molecule is C[C@@H]1O[C@@H](O[C@H]2[C@H](O[C@H]3CC[C@]4(C)[C@H]5CC=C6[C@@H]7CC(C)(C)CC[C@]7(C(=O)OCc7ccccc7)CC[C@@]6(C)[C@]5(C)CC[C@H]4C3(C)C)OC[C@H](OC(=O)c3ccccc3)[C@@H]2O)[C@H](OC(=O)c2ccccc2)[C@H](OC(=O)c2ccccc2)[C@H]1OC(=O)c1ccccc1. The summed E-state index contributed by atoms with van der Waals surface area (Å²) in [4.78, 5) is 71.3. The number of hydrogen-bond acceptors (Lipinski definition) is 15. The molecule has 1 N–H and O–H groups in total. The van der Waals surface area contributed by atoms with Crippen LogP contribution in [0.5, 0.6) is 0 Å². The van der Waals surface area contributed by atoms with E-state index in [9.17, 15) is 29.1 Å². The average molecular weight is 1240 g/mol. The van der Waals surface area contributed by atoms with Crippen molar-refractivity contribution >= 4 is 29.8 Å². The number of carbonyl (C=O) groups is 5. The molecule has 2 saturated heterocycles. The van der Waals surface area contributed by atoms with Crippen molar-refractivity contribution in [1.82, 2.24) is 0 Å². The maximum absolute atomic E-state index is 14.7. The van der Waals surface area contributed by atoms with Crippen LogP contribution in [0.4, 0.5) is 0 Å². The van der Waals surface area contributed by atoms with E-state index in [4.69, 9.17) is 42.6 Å². The van der Waals surface area contributed by atoms with Crippen LogP contribution in [0.25, 0.3) is 0 Å². The molecule has 0 radical (unpaired) electrons. The Hall–Kier alpha value is -7.01. The normalized spacial score (nSPS) is 35.4. The summed E-state index contributed by atoms with van der Waals surface area (Å²) in [6.45, 7) is 18.5. The zero-order valence-electron chi connectivity index (χ0n) is 53.7. The molecule has 5 aliphatic carbocycles. The topological polar surface area (TPSA) is 189 Å².